The average molecular weight is 335 g/mol. The first kappa shape index (κ1) is 16.5. The second kappa shape index (κ2) is 6.64. The molecule has 1 aromatic heterocycles. The lowest BCUT2D eigenvalue weighted by Gasteiger charge is -2.13. The van der Waals surface area contributed by atoms with E-state index in [2.05, 4.69) is 20.9 Å². The van der Waals surface area contributed by atoms with Crippen molar-refractivity contribution in [2.45, 2.75) is 38.4 Å². The maximum absolute atomic E-state index is 13.3. The van der Waals surface area contributed by atoms with Crippen molar-refractivity contribution in [1.82, 2.24) is 25.6 Å². The Hall–Kier alpha value is -2.35. The fourth-order valence-electron chi connectivity index (χ4n) is 2.79. The van der Waals surface area contributed by atoms with Gasteiger partial charge in [0.1, 0.15) is 17.3 Å². The van der Waals surface area contributed by atoms with Gasteiger partial charge in [-0.3, -0.25) is 4.79 Å². The van der Waals surface area contributed by atoms with E-state index < -0.39 is 11.6 Å². The number of amides is 1. The van der Waals surface area contributed by atoms with Gasteiger partial charge < -0.3 is 10.6 Å². The second-order valence-corrected chi connectivity index (χ2v) is 6.26. The molecule has 0 bridgehead atoms. The van der Waals surface area contributed by atoms with Gasteiger partial charge in [0, 0.05) is 24.2 Å². The lowest BCUT2D eigenvalue weighted by Crippen LogP contribution is -2.43. The summed E-state index contributed by atoms with van der Waals surface area (Å²) >= 11 is 0. The maximum atomic E-state index is 13.3. The van der Waals surface area contributed by atoms with Gasteiger partial charge in [0.15, 0.2) is 0 Å². The largest absolute Gasteiger partial charge is 0.353 e. The van der Waals surface area contributed by atoms with Crippen molar-refractivity contribution in [3.8, 4) is 11.3 Å². The quantitative estimate of drug-likeness (QED) is 0.891. The van der Waals surface area contributed by atoms with Crippen LogP contribution in [0, 0.1) is 11.6 Å². The Morgan fingerprint density at radius 3 is 2.71 bits per heavy atom. The summed E-state index contributed by atoms with van der Waals surface area (Å²) < 4.78 is 28.3. The number of benzene rings is 1. The Labute approximate surface area is 138 Å². The second-order valence-electron chi connectivity index (χ2n) is 6.26. The van der Waals surface area contributed by atoms with Gasteiger partial charge in [0.25, 0.3) is 0 Å². The van der Waals surface area contributed by atoms with E-state index in [-0.39, 0.29) is 24.0 Å². The molecule has 0 spiro atoms. The van der Waals surface area contributed by atoms with Crippen LogP contribution in [-0.2, 0) is 4.79 Å². The lowest BCUT2D eigenvalue weighted by molar-refractivity contribution is -0.123. The van der Waals surface area contributed by atoms with Crippen molar-refractivity contribution in [2.24, 2.45) is 0 Å². The summed E-state index contributed by atoms with van der Waals surface area (Å²) in [5.41, 5.74) is 0.724. The number of halogens is 2. The van der Waals surface area contributed by atoms with E-state index in [1.165, 1.54) is 12.1 Å². The first-order valence-electron chi connectivity index (χ1n) is 7.84. The number of aromatic nitrogens is 3. The van der Waals surface area contributed by atoms with Crippen LogP contribution >= 0.6 is 0 Å². The third-order valence-corrected chi connectivity index (χ3v) is 3.90. The van der Waals surface area contributed by atoms with E-state index in [9.17, 15) is 13.6 Å². The summed E-state index contributed by atoms with van der Waals surface area (Å²) in [6, 6.07) is 3.00. The van der Waals surface area contributed by atoms with Gasteiger partial charge in [0.2, 0.25) is 5.91 Å². The standard InChI is InChI=1S/C16H19F2N5O/c1-9(2)20-16(24)14-6-13(7-19-14)23-8-15(21-22-23)10-3-11(17)5-12(18)4-10/h3-5,8-9,13-14,19H,6-7H2,1-2H3,(H,20,24)/t13-,14+/m1/s1. The van der Waals surface area contributed by atoms with Crippen LogP contribution in [0.2, 0.25) is 0 Å². The third-order valence-electron chi connectivity index (χ3n) is 3.90. The molecule has 2 atom stereocenters. The molecule has 2 N–H and O–H groups in total. The Morgan fingerprint density at radius 1 is 1.33 bits per heavy atom. The zero-order valence-electron chi connectivity index (χ0n) is 13.5. The predicted molar refractivity (Wildman–Crippen MR) is 84.1 cm³/mol. The Kier molecular flexibility index (Phi) is 4.57. The molecule has 1 aliphatic heterocycles. The zero-order valence-corrected chi connectivity index (χ0v) is 13.5. The fourth-order valence-corrected chi connectivity index (χ4v) is 2.79. The van der Waals surface area contributed by atoms with Gasteiger partial charge in [-0.05, 0) is 32.4 Å². The minimum Gasteiger partial charge on any atom is -0.353 e. The first-order chi connectivity index (χ1) is 11.4. The van der Waals surface area contributed by atoms with Gasteiger partial charge in [-0.15, -0.1) is 5.10 Å². The molecule has 0 aliphatic carbocycles. The van der Waals surface area contributed by atoms with Crippen molar-refractivity contribution in [3.63, 3.8) is 0 Å². The highest BCUT2D eigenvalue weighted by molar-refractivity contribution is 5.82. The van der Waals surface area contributed by atoms with E-state index in [0.717, 1.165) is 6.07 Å². The number of nitrogens with one attached hydrogen (secondary N) is 2. The van der Waals surface area contributed by atoms with E-state index in [1.807, 2.05) is 13.8 Å². The number of carbonyl (C=O) groups excluding carboxylic acids is 1. The molecule has 1 aliphatic rings. The van der Waals surface area contributed by atoms with Crippen LogP contribution in [0.4, 0.5) is 8.78 Å². The fraction of sp³-hybridized carbons (Fsp3) is 0.438. The van der Waals surface area contributed by atoms with Crippen molar-refractivity contribution < 1.29 is 13.6 Å². The van der Waals surface area contributed by atoms with Gasteiger partial charge in [-0.1, -0.05) is 5.21 Å². The maximum Gasteiger partial charge on any atom is 0.237 e. The van der Waals surface area contributed by atoms with E-state index in [0.29, 0.717) is 24.2 Å². The van der Waals surface area contributed by atoms with Gasteiger partial charge in [0.05, 0.1) is 18.3 Å². The molecule has 2 aromatic rings. The first-order valence-corrected chi connectivity index (χ1v) is 7.84. The minimum absolute atomic E-state index is 0.0347. The molecule has 0 saturated carbocycles. The number of nitrogens with zero attached hydrogens (tertiary/aromatic N) is 3. The third kappa shape index (κ3) is 3.59. The van der Waals surface area contributed by atoms with Crippen molar-refractivity contribution in [3.05, 3.63) is 36.0 Å². The highest BCUT2D eigenvalue weighted by Gasteiger charge is 2.31. The summed E-state index contributed by atoms with van der Waals surface area (Å²) in [7, 11) is 0. The van der Waals surface area contributed by atoms with Gasteiger partial charge >= 0.3 is 0 Å². The normalized spacial score (nSPS) is 20.5. The molecule has 6 nitrogen and oxygen atoms in total. The van der Waals surface area contributed by atoms with Crippen LogP contribution in [0.3, 0.4) is 0 Å². The summed E-state index contributed by atoms with van der Waals surface area (Å²) in [5, 5.41) is 14.0. The van der Waals surface area contributed by atoms with Crippen LogP contribution in [0.1, 0.15) is 26.3 Å². The molecule has 2 heterocycles. The van der Waals surface area contributed by atoms with Crippen LogP contribution in [0.25, 0.3) is 11.3 Å². The lowest BCUT2D eigenvalue weighted by atomic mass is 10.1. The predicted octanol–water partition coefficient (Wildman–Crippen LogP) is 1.65. The zero-order chi connectivity index (χ0) is 17.3. The number of hydrogen-bond donors (Lipinski definition) is 2. The van der Waals surface area contributed by atoms with Crippen LogP contribution in [0.5, 0.6) is 0 Å². The SMILES string of the molecule is CC(C)NC(=O)[C@@H]1C[C@@H](n2cc(-c3cc(F)cc(F)c3)nn2)CN1. The van der Waals surface area contributed by atoms with E-state index in [4.69, 9.17) is 0 Å². The molecule has 128 valence electrons. The topological polar surface area (TPSA) is 71.8 Å². The summed E-state index contributed by atoms with van der Waals surface area (Å²) in [4.78, 5) is 12.0. The molecule has 1 aromatic carbocycles. The van der Waals surface area contributed by atoms with Crippen molar-refractivity contribution in [2.75, 3.05) is 6.54 Å². The Morgan fingerprint density at radius 2 is 2.04 bits per heavy atom. The molecule has 0 unspecified atom stereocenters. The monoisotopic (exact) mass is 335 g/mol. The Balaban J connectivity index is 1.71. The molecule has 24 heavy (non-hydrogen) atoms. The van der Waals surface area contributed by atoms with E-state index >= 15 is 0 Å². The molecular weight excluding hydrogens is 316 g/mol. The minimum atomic E-state index is -0.660. The molecule has 1 fully saturated rings. The smallest absolute Gasteiger partial charge is 0.237 e. The van der Waals surface area contributed by atoms with Gasteiger partial charge in [-0.25, -0.2) is 13.5 Å². The van der Waals surface area contributed by atoms with E-state index in [1.54, 1.807) is 10.9 Å². The highest BCUT2D eigenvalue weighted by atomic mass is 19.1. The highest BCUT2D eigenvalue weighted by Crippen LogP contribution is 2.23. The molecule has 8 heteroatoms. The van der Waals surface area contributed by atoms with Crippen LogP contribution in [-0.4, -0.2) is 39.5 Å². The van der Waals surface area contributed by atoms with Crippen molar-refractivity contribution in [1.29, 1.82) is 0 Å². The summed E-state index contributed by atoms with van der Waals surface area (Å²) in [6.45, 7) is 4.40. The molecule has 1 saturated heterocycles. The molecular formula is C16H19F2N5O. The average Bonchev–Trinajstić information content (AvgIpc) is 3.15. The summed E-state index contributed by atoms with van der Waals surface area (Å²) in [5.74, 6) is -1.36. The van der Waals surface area contributed by atoms with Crippen LogP contribution in [0.15, 0.2) is 24.4 Å². The van der Waals surface area contributed by atoms with Gasteiger partial charge in [-0.2, -0.15) is 0 Å². The number of carbonyl (C=O) groups is 1. The number of hydrogen-bond acceptors (Lipinski definition) is 4. The van der Waals surface area contributed by atoms with Crippen LogP contribution < -0.4 is 10.6 Å². The molecule has 1 amide bonds. The Bertz CT molecular complexity index is 726. The summed E-state index contributed by atoms with van der Waals surface area (Å²) in [6.07, 6.45) is 2.22. The molecule has 0 radical (unpaired) electrons. The number of rotatable bonds is 4. The van der Waals surface area contributed by atoms with Crippen molar-refractivity contribution >= 4 is 5.91 Å². The molecule has 3 rings (SSSR count).